The first kappa shape index (κ1) is 13.3. The molecule has 0 aliphatic heterocycles. The predicted octanol–water partition coefficient (Wildman–Crippen LogP) is 2.75. The molecular weight excluding hydrogens is 249 g/mol. The van der Waals surface area contributed by atoms with Gasteiger partial charge < -0.3 is 9.52 Å². The van der Waals surface area contributed by atoms with Crippen molar-refractivity contribution in [2.45, 2.75) is 13.1 Å². The molecule has 0 spiro atoms. The van der Waals surface area contributed by atoms with E-state index in [0.29, 0.717) is 13.1 Å². The highest BCUT2D eigenvalue weighted by atomic mass is 19.1. The van der Waals surface area contributed by atoms with Crippen LogP contribution in [0.1, 0.15) is 21.5 Å². The van der Waals surface area contributed by atoms with Crippen LogP contribution in [0.15, 0.2) is 41.2 Å². The van der Waals surface area contributed by atoms with Gasteiger partial charge in [0, 0.05) is 18.7 Å². The maximum absolute atomic E-state index is 13.5. The van der Waals surface area contributed by atoms with E-state index in [-0.39, 0.29) is 5.56 Å². The first-order valence-electron chi connectivity index (χ1n) is 5.77. The minimum absolute atomic E-state index is 0.304. The zero-order chi connectivity index (χ0) is 13.8. The van der Waals surface area contributed by atoms with Gasteiger partial charge in [0.15, 0.2) is 0 Å². The molecule has 5 heteroatoms. The first-order valence-corrected chi connectivity index (χ1v) is 5.77. The Balaban J connectivity index is 2.03. The van der Waals surface area contributed by atoms with Gasteiger partial charge in [0.25, 0.3) is 0 Å². The number of carboxylic acid groups (broad SMARTS) is 1. The van der Waals surface area contributed by atoms with Crippen LogP contribution in [-0.4, -0.2) is 23.0 Å². The van der Waals surface area contributed by atoms with Crippen LogP contribution in [-0.2, 0) is 13.1 Å². The van der Waals surface area contributed by atoms with E-state index in [0.717, 1.165) is 11.1 Å². The van der Waals surface area contributed by atoms with Crippen LogP contribution in [0.5, 0.6) is 0 Å². The maximum Gasteiger partial charge on any atom is 0.338 e. The number of hydrogen-bond acceptors (Lipinski definition) is 3. The molecule has 0 saturated carbocycles. The Kier molecular flexibility index (Phi) is 3.97. The lowest BCUT2D eigenvalue weighted by Gasteiger charge is -2.15. The van der Waals surface area contributed by atoms with Crippen molar-refractivity contribution in [3.63, 3.8) is 0 Å². The van der Waals surface area contributed by atoms with Crippen molar-refractivity contribution >= 4 is 5.97 Å². The Morgan fingerprint density at radius 3 is 2.63 bits per heavy atom. The normalized spacial score (nSPS) is 10.9. The fraction of sp³-hybridized carbons (Fsp3) is 0.214. The Labute approximate surface area is 110 Å². The van der Waals surface area contributed by atoms with E-state index < -0.39 is 11.8 Å². The van der Waals surface area contributed by atoms with Crippen LogP contribution < -0.4 is 0 Å². The van der Waals surface area contributed by atoms with Gasteiger partial charge in [0.05, 0.1) is 18.1 Å². The highest BCUT2D eigenvalue weighted by molar-refractivity contribution is 5.87. The molecule has 0 radical (unpaired) electrons. The van der Waals surface area contributed by atoms with Gasteiger partial charge in [-0.2, -0.15) is 0 Å². The van der Waals surface area contributed by atoms with Gasteiger partial charge in [0.1, 0.15) is 5.82 Å². The number of rotatable bonds is 5. The van der Waals surface area contributed by atoms with E-state index in [1.165, 1.54) is 12.1 Å². The minimum atomic E-state index is -1.25. The van der Waals surface area contributed by atoms with Crippen LogP contribution in [0.2, 0.25) is 0 Å². The van der Waals surface area contributed by atoms with E-state index in [2.05, 4.69) is 0 Å². The lowest BCUT2D eigenvalue weighted by Crippen LogP contribution is -2.17. The van der Waals surface area contributed by atoms with E-state index in [1.807, 2.05) is 18.0 Å². The zero-order valence-electron chi connectivity index (χ0n) is 10.5. The molecule has 0 amide bonds. The van der Waals surface area contributed by atoms with Gasteiger partial charge in [-0.3, -0.25) is 4.90 Å². The summed E-state index contributed by atoms with van der Waals surface area (Å²) < 4.78 is 18.5. The van der Waals surface area contributed by atoms with E-state index >= 15 is 0 Å². The van der Waals surface area contributed by atoms with Gasteiger partial charge in [-0.25, -0.2) is 9.18 Å². The molecule has 1 heterocycles. The van der Waals surface area contributed by atoms with E-state index in [9.17, 15) is 9.18 Å². The fourth-order valence-corrected chi connectivity index (χ4v) is 1.89. The summed E-state index contributed by atoms with van der Waals surface area (Å²) in [5, 5.41) is 8.75. The summed E-state index contributed by atoms with van der Waals surface area (Å²) >= 11 is 0. The Morgan fingerprint density at radius 2 is 2.05 bits per heavy atom. The third-order valence-corrected chi connectivity index (χ3v) is 2.75. The number of benzene rings is 1. The summed E-state index contributed by atoms with van der Waals surface area (Å²) in [5.74, 6) is -1.96. The highest BCUT2D eigenvalue weighted by Gasteiger charge is 2.11. The number of nitrogens with zero attached hydrogens (tertiary/aromatic N) is 1. The molecule has 2 rings (SSSR count). The first-order chi connectivity index (χ1) is 9.06. The summed E-state index contributed by atoms with van der Waals surface area (Å²) in [4.78, 5) is 12.7. The molecule has 1 aromatic carbocycles. The van der Waals surface area contributed by atoms with Gasteiger partial charge in [0.2, 0.25) is 0 Å². The quantitative estimate of drug-likeness (QED) is 0.901. The lowest BCUT2D eigenvalue weighted by molar-refractivity contribution is 0.0692. The van der Waals surface area contributed by atoms with Crippen molar-refractivity contribution in [3.05, 3.63) is 59.3 Å². The largest absolute Gasteiger partial charge is 0.478 e. The molecular formula is C14H14FNO3. The molecule has 1 aromatic heterocycles. The summed E-state index contributed by atoms with van der Waals surface area (Å²) in [6.45, 7) is 1.21. The standard InChI is InChI=1S/C14H14FNO3/c1-16(8-11-4-5-19-9-11)7-10-2-3-12(14(17)18)13(15)6-10/h2-6,9H,7-8H2,1H3,(H,17,18). The molecule has 1 N–H and O–H groups in total. The fourth-order valence-electron chi connectivity index (χ4n) is 1.89. The topological polar surface area (TPSA) is 53.7 Å². The SMILES string of the molecule is CN(Cc1ccoc1)Cc1ccc(C(=O)O)c(F)c1. The van der Waals surface area contributed by atoms with Crippen molar-refractivity contribution in [1.29, 1.82) is 0 Å². The van der Waals surface area contributed by atoms with Crippen LogP contribution in [0, 0.1) is 5.82 Å². The predicted molar refractivity (Wildman–Crippen MR) is 67.2 cm³/mol. The van der Waals surface area contributed by atoms with Crippen molar-refractivity contribution in [2.75, 3.05) is 7.05 Å². The molecule has 100 valence electrons. The number of furan rings is 1. The molecule has 0 aliphatic carbocycles. The monoisotopic (exact) mass is 263 g/mol. The lowest BCUT2D eigenvalue weighted by atomic mass is 10.1. The molecule has 0 saturated heterocycles. The van der Waals surface area contributed by atoms with Crippen molar-refractivity contribution in [2.24, 2.45) is 0 Å². The molecule has 2 aromatic rings. The number of halogens is 1. The molecule has 0 atom stereocenters. The van der Waals surface area contributed by atoms with Crippen LogP contribution >= 0.6 is 0 Å². The van der Waals surface area contributed by atoms with Crippen molar-refractivity contribution < 1.29 is 18.7 Å². The third kappa shape index (κ3) is 3.42. The molecule has 0 bridgehead atoms. The Morgan fingerprint density at radius 1 is 1.32 bits per heavy atom. The van der Waals surface area contributed by atoms with E-state index in [4.69, 9.17) is 9.52 Å². The number of aromatic carboxylic acids is 1. The number of carboxylic acids is 1. The second-order valence-electron chi connectivity index (χ2n) is 4.42. The Hall–Kier alpha value is -2.14. The van der Waals surface area contributed by atoms with Gasteiger partial charge >= 0.3 is 5.97 Å². The van der Waals surface area contributed by atoms with Crippen LogP contribution in [0.3, 0.4) is 0 Å². The maximum atomic E-state index is 13.5. The molecule has 4 nitrogen and oxygen atoms in total. The second-order valence-corrected chi connectivity index (χ2v) is 4.42. The summed E-state index contributed by atoms with van der Waals surface area (Å²) in [6.07, 6.45) is 3.26. The van der Waals surface area contributed by atoms with Crippen molar-refractivity contribution in [3.8, 4) is 0 Å². The molecule has 0 fully saturated rings. The molecule has 0 aliphatic rings. The average molecular weight is 263 g/mol. The molecule has 19 heavy (non-hydrogen) atoms. The summed E-state index contributed by atoms with van der Waals surface area (Å²) in [5.41, 5.74) is 1.46. The van der Waals surface area contributed by atoms with E-state index in [1.54, 1.807) is 18.6 Å². The highest BCUT2D eigenvalue weighted by Crippen LogP contribution is 2.13. The average Bonchev–Trinajstić information content (AvgIpc) is 2.81. The minimum Gasteiger partial charge on any atom is -0.478 e. The Bertz CT molecular complexity index is 566. The summed E-state index contributed by atoms with van der Waals surface area (Å²) in [6, 6.07) is 6.04. The number of hydrogen-bond donors (Lipinski definition) is 1. The van der Waals surface area contributed by atoms with Crippen LogP contribution in [0.25, 0.3) is 0 Å². The number of carbonyl (C=O) groups is 1. The van der Waals surface area contributed by atoms with Gasteiger partial charge in [-0.15, -0.1) is 0 Å². The van der Waals surface area contributed by atoms with Gasteiger partial charge in [-0.05, 0) is 30.8 Å². The third-order valence-electron chi connectivity index (χ3n) is 2.75. The second kappa shape index (κ2) is 5.67. The van der Waals surface area contributed by atoms with Crippen molar-refractivity contribution in [1.82, 2.24) is 4.90 Å². The smallest absolute Gasteiger partial charge is 0.338 e. The van der Waals surface area contributed by atoms with Gasteiger partial charge in [-0.1, -0.05) is 6.07 Å². The molecule has 0 unspecified atom stereocenters. The zero-order valence-corrected chi connectivity index (χ0v) is 10.5. The van der Waals surface area contributed by atoms with Crippen LogP contribution in [0.4, 0.5) is 4.39 Å². The summed E-state index contributed by atoms with van der Waals surface area (Å²) in [7, 11) is 1.90.